The van der Waals surface area contributed by atoms with Gasteiger partial charge in [0.05, 0.1) is 24.6 Å². The minimum Gasteiger partial charge on any atom is -0.445 e. The SMILES string of the molecule is CC(C)(C)OC(=O)N1CCN(c2cccc(C(=O)c3ccccc3)c2NC(=O)[C@@H](COCc2ccccc2)NC(=O)OCc2ccccc2)CC1. The zero-order valence-electron chi connectivity index (χ0n) is 29.2. The second-order valence-electron chi connectivity index (χ2n) is 13.1. The number of alkyl carbamates (subject to hydrolysis) is 1. The summed E-state index contributed by atoms with van der Waals surface area (Å²) in [7, 11) is 0. The van der Waals surface area contributed by atoms with Crippen molar-refractivity contribution in [2.24, 2.45) is 0 Å². The smallest absolute Gasteiger partial charge is 0.410 e. The maximum Gasteiger partial charge on any atom is 0.410 e. The number of rotatable bonds is 12. The Hall–Kier alpha value is -5.68. The number of ketones is 1. The van der Waals surface area contributed by atoms with Gasteiger partial charge in [0, 0.05) is 37.3 Å². The van der Waals surface area contributed by atoms with Crippen LogP contribution in [0.2, 0.25) is 0 Å². The first kappa shape index (κ1) is 36.6. The van der Waals surface area contributed by atoms with Crippen LogP contribution in [-0.2, 0) is 32.2 Å². The van der Waals surface area contributed by atoms with E-state index >= 15 is 0 Å². The Balaban J connectivity index is 1.39. The largest absolute Gasteiger partial charge is 0.445 e. The van der Waals surface area contributed by atoms with Crippen LogP contribution < -0.4 is 15.5 Å². The zero-order chi connectivity index (χ0) is 36.2. The molecule has 1 fully saturated rings. The third-order valence-corrected chi connectivity index (χ3v) is 8.06. The molecule has 1 atom stereocenters. The van der Waals surface area contributed by atoms with E-state index in [-0.39, 0.29) is 36.9 Å². The van der Waals surface area contributed by atoms with Crippen LogP contribution in [0.5, 0.6) is 0 Å². The molecule has 51 heavy (non-hydrogen) atoms. The molecule has 4 aromatic carbocycles. The topological polar surface area (TPSA) is 127 Å². The maximum atomic E-state index is 14.1. The molecular formula is C40H44N4O7. The van der Waals surface area contributed by atoms with Crippen molar-refractivity contribution < 1.29 is 33.4 Å². The molecule has 1 heterocycles. The number of anilines is 2. The minimum atomic E-state index is -1.17. The molecule has 0 aromatic heterocycles. The van der Waals surface area contributed by atoms with Gasteiger partial charge in [0.15, 0.2) is 5.78 Å². The summed E-state index contributed by atoms with van der Waals surface area (Å²) in [6.07, 6.45) is -1.19. The highest BCUT2D eigenvalue weighted by Gasteiger charge is 2.30. The fourth-order valence-electron chi connectivity index (χ4n) is 5.49. The van der Waals surface area contributed by atoms with Gasteiger partial charge in [-0.3, -0.25) is 9.59 Å². The van der Waals surface area contributed by atoms with Crippen LogP contribution in [0.1, 0.15) is 47.8 Å². The number of carbonyl (C=O) groups is 4. The number of hydrogen-bond acceptors (Lipinski definition) is 8. The van der Waals surface area contributed by atoms with Gasteiger partial charge in [0.1, 0.15) is 18.2 Å². The molecule has 1 aliphatic rings. The van der Waals surface area contributed by atoms with Gasteiger partial charge in [0.2, 0.25) is 5.91 Å². The zero-order valence-corrected chi connectivity index (χ0v) is 29.2. The average molecular weight is 693 g/mol. The Morgan fingerprint density at radius 3 is 1.92 bits per heavy atom. The lowest BCUT2D eigenvalue weighted by Gasteiger charge is -2.37. The summed E-state index contributed by atoms with van der Waals surface area (Å²) in [6.45, 7) is 7.14. The summed E-state index contributed by atoms with van der Waals surface area (Å²) in [4.78, 5) is 57.4. The first-order chi connectivity index (χ1) is 24.6. The number of para-hydroxylation sites is 1. The number of benzene rings is 4. The fourth-order valence-corrected chi connectivity index (χ4v) is 5.49. The minimum absolute atomic E-state index is 0.0136. The summed E-state index contributed by atoms with van der Waals surface area (Å²) in [5.74, 6) is -0.881. The summed E-state index contributed by atoms with van der Waals surface area (Å²) in [5.41, 5.74) is 2.68. The highest BCUT2D eigenvalue weighted by Crippen LogP contribution is 2.33. The molecule has 2 N–H and O–H groups in total. The summed E-state index contributed by atoms with van der Waals surface area (Å²) < 4.78 is 16.9. The third-order valence-electron chi connectivity index (χ3n) is 8.06. The Morgan fingerprint density at radius 1 is 0.725 bits per heavy atom. The van der Waals surface area contributed by atoms with Crippen LogP contribution in [0.4, 0.5) is 21.0 Å². The summed E-state index contributed by atoms with van der Waals surface area (Å²) >= 11 is 0. The highest BCUT2D eigenvalue weighted by molar-refractivity contribution is 6.16. The summed E-state index contributed by atoms with van der Waals surface area (Å²) in [6, 6.07) is 31.5. The van der Waals surface area contributed by atoms with Crippen molar-refractivity contribution in [2.75, 3.05) is 43.0 Å². The lowest BCUT2D eigenvalue weighted by atomic mass is 9.99. The number of carbonyl (C=O) groups excluding carboxylic acids is 4. The van der Waals surface area contributed by atoms with Gasteiger partial charge in [-0.25, -0.2) is 9.59 Å². The van der Waals surface area contributed by atoms with Crippen molar-refractivity contribution in [1.82, 2.24) is 10.2 Å². The van der Waals surface area contributed by atoms with E-state index in [1.807, 2.05) is 98.5 Å². The van der Waals surface area contributed by atoms with Gasteiger partial charge in [-0.1, -0.05) is 97.1 Å². The molecule has 0 unspecified atom stereocenters. The molecule has 3 amide bonds. The third kappa shape index (κ3) is 10.7. The molecule has 1 saturated heterocycles. The fraction of sp³-hybridized carbons (Fsp3) is 0.300. The molecule has 0 aliphatic carbocycles. The van der Waals surface area contributed by atoms with Crippen molar-refractivity contribution in [3.63, 3.8) is 0 Å². The van der Waals surface area contributed by atoms with Gasteiger partial charge in [-0.05, 0) is 44.0 Å². The average Bonchev–Trinajstić information content (AvgIpc) is 3.14. The highest BCUT2D eigenvalue weighted by atomic mass is 16.6. The van der Waals surface area contributed by atoms with Gasteiger partial charge >= 0.3 is 12.2 Å². The van der Waals surface area contributed by atoms with E-state index < -0.39 is 29.7 Å². The molecule has 5 rings (SSSR count). The van der Waals surface area contributed by atoms with Crippen molar-refractivity contribution in [2.45, 2.75) is 45.6 Å². The summed E-state index contributed by atoms with van der Waals surface area (Å²) in [5, 5.41) is 5.62. The van der Waals surface area contributed by atoms with Gasteiger partial charge in [-0.15, -0.1) is 0 Å². The van der Waals surface area contributed by atoms with E-state index in [2.05, 4.69) is 10.6 Å². The molecule has 0 spiro atoms. The van der Waals surface area contributed by atoms with Crippen molar-refractivity contribution in [3.05, 3.63) is 131 Å². The second kappa shape index (κ2) is 17.3. The predicted molar refractivity (Wildman–Crippen MR) is 195 cm³/mol. The van der Waals surface area contributed by atoms with E-state index in [1.165, 1.54) is 0 Å². The number of piperazine rings is 1. The van der Waals surface area contributed by atoms with Crippen LogP contribution in [-0.4, -0.2) is 73.2 Å². The van der Waals surface area contributed by atoms with Gasteiger partial charge < -0.3 is 34.6 Å². The molecule has 0 bridgehead atoms. The Bertz CT molecular complexity index is 1770. The second-order valence-corrected chi connectivity index (χ2v) is 13.1. The van der Waals surface area contributed by atoms with Crippen LogP contribution in [0.3, 0.4) is 0 Å². The van der Waals surface area contributed by atoms with Crippen LogP contribution in [0.15, 0.2) is 109 Å². The maximum absolute atomic E-state index is 14.1. The van der Waals surface area contributed by atoms with E-state index in [0.717, 1.165) is 11.1 Å². The Labute approximate surface area is 298 Å². The number of hydrogen-bond donors (Lipinski definition) is 2. The number of amides is 3. The van der Waals surface area contributed by atoms with E-state index in [0.29, 0.717) is 37.4 Å². The van der Waals surface area contributed by atoms with E-state index in [4.69, 9.17) is 14.2 Å². The number of nitrogens with one attached hydrogen (secondary N) is 2. The standard InChI is InChI=1S/C40H44N4O7/c1-40(2,3)51-39(48)44-24-22-43(23-25-44)34-21-13-20-32(36(45)31-18-11-6-12-19-31)35(34)42-37(46)33(28-49-26-29-14-7-4-8-15-29)41-38(47)50-27-30-16-9-5-10-17-30/h4-21,33H,22-28H2,1-3H3,(H,41,47)(H,42,46)/t33-/m1/s1. The monoisotopic (exact) mass is 692 g/mol. The van der Waals surface area contributed by atoms with Gasteiger partial charge in [0.25, 0.3) is 0 Å². The molecule has 11 nitrogen and oxygen atoms in total. The molecule has 11 heteroatoms. The van der Waals surface area contributed by atoms with Crippen LogP contribution >= 0.6 is 0 Å². The van der Waals surface area contributed by atoms with Crippen molar-refractivity contribution in [3.8, 4) is 0 Å². The molecule has 0 saturated carbocycles. The predicted octanol–water partition coefficient (Wildman–Crippen LogP) is 6.43. The normalized spacial score (nSPS) is 13.5. The lowest BCUT2D eigenvalue weighted by molar-refractivity contribution is -0.119. The van der Waals surface area contributed by atoms with Gasteiger partial charge in [-0.2, -0.15) is 0 Å². The van der Waals surface area contributed by atoms with Crippen LogP contribution in [0, 0.1) is 0 Å². The Morgan fingerprint density at radius 2 is 1.31 bits per heavy atom. The molecular weight excluding hydrogens is 648 g/mol. The van der Waals surface area contributed by atoms with Crippen molar-refractivity contribution >= 4 is 35.3 Å². The quantitative estimate of drug-likeness (QED) is 0.163. The van der Waals surface area contributed by atoms with E-state index in [9.17, 15) is 19.2 Å². The lowest BCUT2D eigenvalue weighted by Crippen LogP contribution is -2.50. The van der Waals surface area contributed by atoms with Crippen LogP contribution in [0.25, 0.3) is 0 Å². The molecule has 266 valence electrons. The first-order valence-electron chi connectivity index (χ1n) is 16.9. The Kier molecular flexibility index (Phi) is 12.4. The van der Waals surface area contributed by atoms with E-state index in [1.54, 1.807) is 41.3 Å². The molecule has 1 aliphatic heterocycles. The first-order valence-corrected chi connectivity index (χ1v) is 16.9. The molecule has 0 radical (unpaired) electrons. The molecule has 4 aromatic rings. The van der Waals surface area contributed by atoms with Crippen molar-refractivity contribution in [1.29, 1.82) is 0 Å². The number of nitrogens with zero attached hydrogens (tertiary/aromatic N) is 2. The number of ether oxygens (including phenoxy) is 3.